The molecule has 3 saturated carbocycles. The Balaban J connectivity index is 1.54. The molecule has 0 aliphatic heterocycles. The van der Waals surface area contributed by atoms with E-state index in [0.717, 1.165) is 44.1 Å². The molecule has 8 atom stereocenters. The molecule has 0 saturated heterocycles. The van der Waals surface area contributed by atoms with Crippen molar-refractivity contribution in [1.29, 1.82) is 0 Å². The maximum atomic E-state index is 13.6. The molecular formula is C29H46O4. The van der Waals surface area contributed by atoms with Crippen molar-refractivity contribution in [3.8, 4) is 0 Å². The molecule has 4 nitrogen and oxygen atoms in total. The van der Waals surface area contributed by atoms with Crippen molar-refractivity contribution in [1.82, 2.24) is 0 Å². The van der Waals surface area contributed by atoms with Gasteiger partial charge in [-0.3, -0.25) is 9.59 Å². The number of aliphatic hydroxyl groups is 2. The Morgan fingerprint density at radius 1 is 1.15 bits per heavy atom. The molecule has 4 heteroatoms. The molecule has 4 aliphatic rings. The van der Waals surface area contributed by atoms with Gasteiger partial charge in [-0.1, -0.05) is 39.2 Å². The Hall–Kier alpha value is -1.00. The van der Waals surface area contributed by atoms with Crippen LogP contribution in [0.5, 0.6) is 0 Å². The first-order chi connectivity index (χ1) is 15.2. The van der Waals surface area contributed by atoms with Crippen molar-refractivity contribution in [2.75, 3.05) is 0 Å². The average molecular weight is 459 g/mol. The van der Waals surface area contributed by atoms with Crippen LogP contribution in [0.1, 0.15) is 106 Å². The standard InChI is InChI=1S/C29H46O4/c1-18(8-7-12-26(3,4)32)21-9-10-22-25-23(11-13-28(21,22)6)27(5)14-15-29(33,19(2)30)17-20(27)16-24(25)31/h16,18,21-23,25,32-33H,7-15,17H2,1-6H3/t18-,21-,22+,23+,25+,27+,28-,29+/m1/s1. The lowest BCUT2D eigenvalue weighted by Crippen LogP contribution is -2.56. The largest absolute Gasteiger partial charge is 0.390 e. The van der Waals surface area contributed by atoms with Gasteiger partial charge < -0.3 is 10.2 Å². The van der Waals surface area contributed by atoms with Crippen LogP contribution in [-0.2, 0) is 9.59 Å². The van der Waals surface area contributed by atoms with Crippen LogP contribution in [-0.4, -0.2) is 33.0 Å². The smallest absolute Gasteiger partial charge is 0.161 e. The highest BCUT2D eigenvalue weighted by atomic mass is 16.3. The number of rotatable bonds is 6. The van der Waals surface area contributed by atoms with Gasteiger partial charge in [-0.15, -0.1) is 0 Å². The van der Waals surface area contributed by atoms with E-state index in [2.05, 4.69) is 20.8 Å². The molecule has 186 valence electrons. The summed E-state index contributed by atoms with van der Waals surface area (Å²) in [6, 6.07) is 0. The van der Waals surface area contributed by atoms with Gasteiger partial charge in [-0.25, -0.2) is 0 Å². The zero-order valence-electron chi connectivity index (χ0n) is 21.7. The molecule has 4 rings (SSSR count). The molecule has 0 aromatic heterocycles. The van der Waals surface area contributed by atoms with Crippen molar-refractivity contribution in [2.24, 2.45) is 40.4 Å². The number of ketones is 2. The first-order valence-electron chi connectivity index (χ1n) is 13.4. The minimum atomic E-state index is -1.29. The summed E-state index contributed by atoms with van der Waals surface area (Å²) < 4.78 is 0. The SMILES string of the molecule is CC(=O)[C@]1(O)CC[C@@]2(C)C(=CC(=O)[C@H]3[C@@H]4CC[C@H]([C@H](C)CCCC(C)(C)O)[C@@]4(C)CC[C@@H]32)C1. The number of hydrogen-bond acceptors (Lipinski definition) is 4. The summed E-state index contributed by atoms with van der Waals surface area (Å²) in [6.07, 6.45) is 11.1. The molecule has 0 spiro atoms. The normalized spacial score (nSPS) is 43.9. The van der Waals surface area contributed by atoms with Gasteiger partial charge in [-0.2, -0.15) is 0 Å². The first kappa shape index (κ1) is 25.1. The second kappa shape index (κ2) is 8.29. The summed E-state index contributed by atoms with van der Waals surface area (Å²) in [5.41, 5.74) is -0.726. The third-order valence-electron chi connectivity index (χ3n) is 10.9. The minimum absolute atomic E-state index is 0.0714. The molecule has 33 heavy (non-hydrogen) atoms. The van der Waals surface area contributed by atoms with E-state index in [-0.39, 0.29) is 28.3 Å². The summed E-state index contributed by atoms with van der Waals surface area (Å²) in [7, 11) is 0. The summed E-state index contributed by atoms with van der Waals surface area (Å²) in [5.74, 6) is 2.21. The number of carbonyl (C=O) groups is 2. The van der Waals surface area contributed by atoms with E-state index in [9.17, 15) is 19.8 Å². The topological polar surface area (TPSA) is 74.6 Å². The van der Waals surface area contributed by atoms with Gasteiger partial charge in [0.1, 0.15) is 5.60 Å². The summed E-state index contributed by atoms with van der Waals surface area (Å²) >= 11 is 0. The molecule has 0 aromatic carbocycles. The molecule has 0 radical (unpaired) electrons. The number of fused-ring (bicyclic) bond motifs is 5. The fourth-order valence-corrected chi connectivity index (χ4v) is 8.72. The van der Waals surface area contributed by atoms with E-state index >= 15 is 0 Å². The summed E-state index contributed by atoms with van der Waals surface area (Å²) in [5, 5.41) is 21.0. The molecular weight excluding hydrogens is 412 g/mol. The molecule has 3 fully saturated rings. The summed E-state index contributed by atoms with van der Waals surface area (Å²) in [4.78, 5) is 25.7. The zero-order valence-corrected chi connectivity index (χ0v) is 21.7. The van der Waals surface area contributed by atoms with Crippen LogP contribution in [0, 0.1) is 40.4 Å². The Kier molecular flexibility index (Phi) is 6.31. The van der Waals surface area contributed by atoms with E-state index in [1.54, 1.807) is 0 Å². The van der Waals surface area contributed by atoms with Crippen LogP contribution >= 0.6 is 0 Å². The third-order valence-corrected chi connectivity index (χ3v) is 10.9. The fourth-order valence-electron chi connectivity index (χ4n) is 8.72. The van der Waals surface area contributed by atoms with Gasteiger partial charge in [0, 0.05) is 12.3 Å². The molecule has 0 aromatic rings. The van der Waals surface area contributed by atoms with Crippen LogP contribution in [0.4, 0.5) is 0 Å². The van der Waals surface area contributed by atoms with Crippen molar-refractivity contribution in [3.63, 3.8) is 0 Å². The lowest BCUT2D eigenvalue weighted by atomic mass is 9.46. The van der Waals surface area contributed by atoms with E-state index in [0.29, 0.717) is 36.5 Å². The highest BCUT2D eigenvalue weighted by Crippen LogP contribution is 2.67. The van der Waals surface area contributed by atoms with Crippen LogP contribution in [0.3, 0.4) is 0 Å². The van der Waals surface area contributed by atoms with Gasteiger partial charge in [0.25, 0.3) is 0 Å². The highest BCUT2D eigenvalue weighted by molar-refractivity contribution is 5.95. The zero-order chi connectivity index (χ0) is 24.4. The second-order valence-corrected chi connectivity index (χ2v) is 13.4. The maximum Gasteiger partial charge on any atom is 0.161 e. The fraction of sp³-hybridized carbons (Fsp3) is 0.862. The monoisotopic (exact) mass is 458 g/mol. The van der Waals surface area contributed by atoms with Crippen molar-refractivity contribution in [2.45, 2.75) is 117 Å². The van der Waals surface area contributed by atoms with E-state index in [1.807, 2.05) is 19.9 Å². The Morgan fingerprint density at radius 3 is 2.48 bits per heavy atom. The highest BCUT2D eigenvalue weighted by Gasteiger charge is 2.62. The molecule has 0 unspecified atom stereocenters. The Bertz CT molecular complexity index is 837. The second-order valence-electron chi connectivity index (χ2n) is 13.4. The predicted octanol–water partition coefficient (Wildman–Crippen LogP) is 5.64. The number of Topliss-reactive ketones (excluding diaryl/α,β-unsaturated/α-hetero) is 1. The average Bonchev–Trinajstić information content (AvgIpc) is 3.05. The summed E-state index contributed by atoms with van der Waals surface area (Å²) in [6.45, 7) is 12.4. The van der Waals surface area contributed by atoms with Gasteiger partial charge in [0.2, 0.25) is 0 Å². The molecule has 0 heterocycles. The first-order valence-corrected chi connectivity index (χ1v) is 13.4. The van der Waals surface area contributed by atoms with Gasteiger partial charge in [-0.05, 0) is 106 Å². The van der Waals surface area contributed by atoms with Crippen LogP contribution in [0.25, 0.3) is 0 Å². The quantitative estimate of drug-likeness (QED) is 0.540. The van der Waals surface area contributed by atoms with Gasteiger partial charge >= 0.3 is 0 Å². The molecule has 2 N–H and O–H groups in total. The van der Waals surface area contributed by atoms with E-state index in [1.165, 1.54) is 19.8 Å². The van der Waals surface area contributed by atoms with Crippen molar-refractivity contribution >= 4 is 11.6 Å². The predicted molar refractivity (Wildman–Crippen MR) is 131 cm³/mol. The van der Waals surface area contributed by atoms with Crippen LogP contribution < -0.4 is 0 Å². The van der Waals surface area contributed by atoms with Crippen LogP contribution in [0.2, 0.25) is 0 Å². The Labute approximate surface area is 200 Å². The van der Waals surface area contributed by atoms with Gasteiger partial charge in [0.05, 0.1) is 5.60 Å². The van der Waals surface area contributed by atoms with Crippen LogP contribution in [0.15, 0.2) is 11.6 Å². The molecule has 0 bridgehead atoms. The lowest BCUT2D eigenvalue weighted by Gasteiger charge is -2.58. The Morgan fingerprint density at radius 2 is 1.85 bits per heavy atom. The molecule has 0 amide bonds. The maximum absolute atomic E-state index is 13.6. The number of hydrogen-bond donors (Lipinski definition) is 2. The molecule has 4 aliphatic carbocycles. The van der Waals surface area contributed by atoms with E-state index in [4.69, 9.17) is 0 Å². The minimum Gasteiger partial charge on any atom is -0.390 e. The number of allylic oxidation sites excluding steroid dienone is 1. The van der Waals surface area contributed by atoms with Crippen molar-refractivity contribution < 1.29 is 19.8 Å². The van der Waals surface area contributed by atoms with E-state index < -0.39 is 11.2 Å². The third kappa shape index (κ3) is 4.18. The van der Waals surface area contributed by atoms with Crippen molar-refractivity contribution in [3.05, 3.63) is 11.6 Å². The number of carbonyl (C=O) groups excluding carboxylic acids is 2. The van der Waals surface area contributed by atoms with Gasteiger partial charge in [0.15, 0.2) is 11.6 Å². The lowest BCUT2D eigenvalue weighted by molar-refractivity contribution is -0.145.